The minimum atomic E-state index is -0.251. The van der Waals surface area contributed by atoms with Gasteiger partial charge in [0.25, 0.3) is 5.91 Å². The van der Waals surface area contributed by atoms with Crippen molar-refractivity contribution in [1.29, 1.82) is 0 Å². The van der Waals surface area contributed by atoms with E-state index < -0.39 is 0 Å². The van der Waals surface area contributed by atoms with Crippen molar-refractivity contribution in [3.8, 4) is 0 Å². The molecule has 1 aliphatic rings. The van der Waals surface area contributed by atoms with Gasteiger partial charge in [0.1, 0.15) is 5.82 Å². The number of aromatic nitrogens is 2. The van der Waals surface area contributed by atoms with Gasteiger partial charge in [-0.3, -0.25) is 4.79 Å². The lowest BCUT2D eigenvalue weighted by molar-refractivity contribution is 0.0951. The van der Waals surface area contributed by atoms with Crippen LogP contribution < -0.4 is 16.0 Å². The van der Waals surface area contributed by atoms with Crippen molar-refractivity contribution in [2.24, 2.45) is 0 Å². The van der Waals surface area contributed by atoms with Crippen LogP contribution in [0.25, 0.3) is 0 Å². The van der Waals surface area contributed by atoms with E-state index in [2.05, 4.69) is 20.2 Å². The first-order valence-electron chi connectivity index (χ1n) is 8.43. The van der Waals surface area contributed by atoms with Crippen LogP contribution in [0.2, 0.25) is 0 Å². The minimum absolute atomic E-state index is 0.231. The van der Waals surface area contributed by atoms with Gasteiger partial charge in [-0.05, 0) is 18.4 Å². The molecule has 0 aliphatic carbocycles. The first kappa shape index (κ1) is 16.2. The number of nitrogens with two attached hydrogens (primary N) is 1. The predicted octanol–water partition coefficient (Wildman–Crippen LogP) is 2.37. The molecule has 2 aromatic rings. The summed E-state index contributed by atoms with van der Waals surface area (Å²) in [5.74, 6) is 0.600. The number of benzene rings is 1. The van der Waals surface area contributed by atoms with Crippen LogP contribution in [0, 0.1) is 0 Å². The average Bonchev–Trinajstić information content (AvgIpc) is 2.90. The monoisotopic (exact) mass is 325 g/mol. The Hall–Kier alpha value is -2.63. The Kier molecular flexibility index (Phi) is 5.25. The Labute approximate surface area is 142 Å². The molecule has 6 heteroatoms. The van der Waals surface area contributed by atoms with Crippen molar-refractivity contribution in [2.75, 3.05) is 23.7 Å². The summed E-state index contributed by atoms with van der Waals surface area (Å²) in [6, 6.07) is 9.74. The van der Waals surface area contributed by atoms with E-state index in [1.807, 2.05) is 30.3 Å². The molecule has 3 N–H and O–H groups in total. The number of nitrogens with zero attached hydrogens (tertiary/aromatic N) is 3. The van der Waals surface area contributed by atoms with Crippen molar-refractivity contribution in [2.45, 2.75) is 32.2 Å². The minimum Gasteiger partial charge on any atom is -0.383 e. The molecule has 24 heavy (non-hydrogen) atoms. The van der Waals surface area contributed by atoms with E-state index in [0.29, 0.717) is 18.1 Å². The Bertz CT molecular complexity index is 681. The second kappa shape index (κ2) is 7.77. The van der Waals surface area contributed by atoms with E-state index >= 15 is 0 Å². The SMILES string of the molecule is Nc1nc(N2CCCCCC2)ncc1C(=O)NCc1ccccc1. The fourth-order valence-electron chi connectivity index (χ4n) is 2.86. The van der Waals surface area contributed by atoms with Gasteiger partial charge in [-0.1, -0.05) is 43.2 Å². The van der Waals surface area contributed by atoms with Crippen LogP contribution in [0.3, 0.4) is 0 Å². The Balaban J connectivity index is 1.66. The van der Waals surface area contributed by atoms with Crippen molar-refractivity contribution in [3.05, 3.63) is 47.7 Å². The lowest BCUT2D eigenvalue weighted by Gasteiger charge is -2.20. The summed E-state index contributed by atoms with van der Waals surface area (Å²) in [4.78, 5) is 23.1. The molecular weight excluding hydrogens is 302 g/mol. The molecule has 2 heterocycles. The molecule has 1 saturated heterocycles. The molecule has 3 rings (SSSR count). The lowest BCUT2D eigenvalue weighted by atomic mass is 10.2. The molecule has 0 unspecified atom stereocenters. The second-order valence-electron chi connectivity index (χ2n) is 6.04. The second-order valence-corrected chi connectivity index (χ2v) is 6.04. The van der Waals surface area contributed by atoms with E-state index in [1.165, 1.54) is 19.0 Å². The summed E-state index contributed by atoms with van der Waals surface area (Å²) in [5.41, 5.74) is 7.36. The third-order valence-electron chi connectivity index (χ3n) is 4.23. The van der Waals surface area contributed by atoms with Crippen LogP contribution in [0.1, 0.15) is 41.6 Å². The van der Waals surface area contributed by atoms with Crippen LogP contribution in [-0.2, 0) is 6.54 Å². The first-order valence-corrected chi connectivity index (χ1v) is 8.43. The standard InChI is InChI=1S/C18H23N5O/c19-16-15(17(24)20-12-14-8-4-3-5-9-14)13-21-18(22-16)23-10-6-1-2-7-11-23/h3-5,8-9,13H,1-2,6-7,10-12H2,(H,20,24)(H2,19,21,22). The molecule has 1 fully saturated rings. The predicted molar refractivity (Wildman–Crippen MR) is 94.7 cm³/mol. The summed E-state index contributed by atoms with van der Waals surface area (Å²) in [5, 5.41) is 2.85. The quantitative estimate of drug-likeness (QED) is 0.901. The van der Waals surface area contributed by atoms with Gasteiger partial charge in [-0.25, -0.2) is 4.98 Å². The maximum atomic E-state index is 12.3. The average molecular weight is 325 g/mol. The molecular formula is C18H23N5O. The van der Waals surface area contributed by atoms with Crippen LogP contribution in [-0.4, -0.2) is 29.0 Å². The fourth-order valence-corrected chi connectivity index (χ4v) is 2.86. The largest absolute Gasteiger partial charge is 0.383 e. The van der Waals surface area contributed by atoms with E-state index in [4.69, 9.17) is 5.73 Å². The topological polar surface area (TPSA) is 84.1 Å². The van der Waals surface area contributed by atoms with E-state index in [9.17, 15) is 4.79 Å². The zero-order valence-corrected chi connectivity index (χ0v) is 13.7. The Morgan fingerprint density at radius 2 is 1.83 bits per heavy atom. The van der Waals surface area contributed by atoms with Gasteiger partial charge in [0.05, 0.1) is 5.56 Å². The molecule has 1 amide bonds. The smallest absolute Gasteiger partial charge is 0.256 e. The van der Waals surface area contributed by atoms with Crippen LogP contribution >= 0.6 is 0 Å². The Morgan fingerprint density at radius 1 is 1.12 bits per heavy atom. The summed E-state index contributed by atoms with van der Waals surface area (Å²) in [6.07, 6.45) is 6.30. The molecule has 0 atom stereocenters. The lowest BCUT2D eigenvalue weighted by Crippen LogP contribution is -2.28. The molecule has 1 aromatic carbocycles. The molecule has 1 aromatic heterocycles. The highest BCUT2D eigenvalue weighted by atomic mass is 16.1. The van der Waals surface area contributed by atoms with Gasteiger partial charge in [0.2, 0.25) is 5.95 Å². The molecule has 1 aliphatic heterocycles. The van der Waals surface area contributed by atoms with Crippen molar-refractivity contribution < 1.29 is 4.79 Å². The number of hydrogen-bond acceptors (Lipinski definition) is 5. The molecule has 6 nitrogen and oxygen atoms in total. The van der Waals surface area contributed by atoms with E-state index in [-0.39, 0.29) is 11.7 Å². The number of carbonyl (C=O) groups is 1. The molecule has 0 radical (unpaired) electrons. The zero-order valence-electron chi connectivity index (χ0n) is 13.7. The molecule has 0 saturated carbocycles. The normalized spacial score (nSPS) is 14.9. The fraction of sp³-hybridized carbons (Fsp3) is 0.389. The third-order valence-corrected chi connectivity index (χ3v) is 4.23. The highest BCUT2D eigenvalue weighted by molar-refractivity contribution is 5.98. The number of rotatable bonds is 4. The molecule has 0 spiro atoms. The van der Waals surface area contributed by atoms with Gasteiger partial charge in [0, 0.05) is 25.8 Å². The van der Waals surface area contributed by atoms with Gasteiger partial charge in [-0.2, -0.15) is 4.98 Å². The highest BCUT2D eigenvalue weighted by Gasteiger charge is 2.16. The van der Waals surface area contributed by atoms with Gasteiger partial charge in [0.15, 0.2) is 0 Å². The van der Waals surface area contributed by atoms with Gasteiger partial charge >= 0.3 is 0 Å². The number of nitrogens with one attached hydrogen (secondary N) is 1. The number of hydrogen-bond donors (Lipinski definition) is 2. The molecule has 0 bridgehead atoms. The van der Waals surface area contributed by atoms with Crippen molar-refractivity contribution >= 4 is 17.7 Å². The van der Waals surface area contributed by atoms with Crippen molar-refractivity contribution in [3.63, 3.8) is 0 Å². The van der Waals surface area contributed by atoms with Crippen LogP contribution in [0.15, 0.2) is 36.5 Å². The van der Waals surface area contributed by atoms with Gasteiger partial charge in [-0.15, -0.1) is 0 Å². The third kappa shape index (κ3) is 4.01. The summed E-state index contributed by atoms with van der Waals surface area (Å²) in [7, 11) is 0. The van der Waals surface area contributed by atoms with Crippen LogP contribution in [0.4, 0.5) is 11.8 Å². The number of carbonyl (C=O) groups excluding carboxylic acids is 1. The summed E-state index contributed by atoms with van der Waals surface area (Å²) >= 11 is 0. The number of anilines is 2. The van der Waals surface area contributed by atoms with E-state index in [1.54, 1.807) is 0 Å². The highest BCUT2D eigenvalue weighted by Crippen LogP contribution is 2.18. The maximum Gasteiger partial charge on any atom is 0.256 e. The van der Waals surface area contributed by atoms with Gasteiger partial charge < -0.3 is 16.0 Å². The maximum absolute atomic E-state index is 12.3. The Morgan fingerprint density at radius 3 is 2.50 bits per heavy atom. The van der Waals surface area contributed by atoms with E-state index in [0.717, 1.165) is 31.5 Å². The summed E-state index contributed by atoms with van der Waals surface area (Å²) in [6.45, 7) is 2.34. The zero-order chi connectivity index (χ0) is 16.8. The van der Waals surface area contributed by atoms with Crippen LogP contribution in [0.5, 0.6) is 0 Å². The summed E-state index contributed by atoms with van der Waals surface area (Å²) < 4.78 is 0. The van der Waals surface area contributed by atoms with Crippen molar-refractivity contribution in [1.82, 2.24) is 15.3 Å². The number of amides is 1. The molecule has 126 valence electrons. The first-order chi connectivity index (χ1) is 11.7. The number of nitrogen functional groups attached to an aromatic ring is 1.